The number of nitrogens with zero attached hydrogens (tertiary/aromatic N) is 2. The van der Waals surface area contributed by atoms with Gasteiger partial charge in [-0.2, -0.15) is 0 Å². The summed E-state index contributed by atoms with van der Waals surface area (Å²) in [5, 5.41) is 2.96. The minimum absolute atomic E-state index is 0.0590. The molecule has 2 aromatic carbocycles. The summed E-state index contributed by atoms with van der Waals surface area (Å²) in [6.45, 7) is 7.33. The first-order chi connectivity index (χ1) is 17.5. The van der Waals surface area contributed by atoms with Gasteiger partial charge < -0.3 is 19.7 Å². The molecule has 2 aromatic rings. The summed E-state index contributed by atoms with van der Waals surface area (Å²) in [6.07, 6.45) is 2.15. The third kappa shape index (κ3) is 7.85. The van der Waals surface area contributed by atoms with Crippen molar-refractivity contribution in [2.75, 3.05) is 31.3 Å². The number of ether oxygens (including phenoxy) is 2. The third-order valence-corrected chi connectivity index (χ3v) is 7.46. The van der Waals surface area contributed by atoms with Gasteiger partial charge in [0.1, 0.15) is 12.6 Å². The van der Waals surface area contributed by atoms with Gasteiger partial charge in [-0.05, 0) is 49.9 Å². The van der Waals surface area contributed by atoms with Crippen molar-refractivity contribution < 1.29 is 27.5 Å². The first-order valence-electron chi connectivity index (χ1n) is 12.3. The number of anilines is 1. The van der Waals surface area contributed by atoms with Crippen molar-refractivity contribution in [3.8, 4) is 11.5 Å². The van der Waals surface area contributed by atoms with Gasteiger partial charge in [-0.1, -0.05) is 38.1 Å². The predicted octanol–water partition coefficient (Wildman–Crippen LogP) is 3.50. The lowest BCUT2D eigenvalue weighted by molar-refractivity contribution is -0.140. The Kier molecular flexibility index (Phi) is 10.8. The number of carbonyl (C=O) groups excluding carboxylic acids is 2. The maximum Gasteiger partial charge on any atom is 0.244 e. The lowest BCUT2D eigenvalue weighted by Crippen LogP contribution is -2.53. The Hall–Kier alpha value is -3.27. The summed E-state index contributed by atoms with van der Waals surface area (Å²) >= 11 is 0. The zero-order valence-corrected chi connectivity index (χ0v) is 23.6. The molecule has 2 amide bonds. The van der Waals surface area contributed by atoms with Crippen molar-refractivity contribution in [3.05, 3.63) is 53.6 Å². The quantitative estimate of drug-likeness (QED) is 0.423. The second kappa shape index (κ2) is 13.3. The molecule has 37 heavy (non-hydrogen) atoms. The average Bonchev–Trinajstić information content (AvgIpc) is 2.86. The first kappa shape index (κ1) is 30.0. The number of aryl methyl sites for hydroxylation is 1. The van der Waals surface area contributed by atoms with Crippen LogP contribution in [0.1, 0.15) is 44.7 Å². The number of benzene rings is 2. The van der Waals surface area contributed by atoms with Gasteiger partial charge in [-0.25, -0.2) is 8.42 Å². The Morgan fingerprint density at radius 1 is 1.00 bits per heavy atom. The molecule has 0 bridgehead atoms. The van der Waals surface area contributed by atoms with Crippen LogP contribution in [0.25, 0.3) is 0 Å². The lowest BCUT2D eigenvalue weighted by Gasteiger charge is -2.33. The fourth-order valence-electron chi connectivity index (χ4n) is 3.93. The highest BCUT2D eigenvalue weighted by atomic mass is 32.2. The zero-order valence-electron chi connectivity index (χ0n) is 22.8. The van der Waals surface area contributed by atoms with E-state index in [1.54, 1.807) is 12.1 Å². The van der Waals surface area contributed by atoms with E-state index in [-0.39, 0.29) is 24.2 Å². The fraction of sp³-hybridized carbons (Fsp3) is 0.481. The van der Waals surface area contributed by atoms with Crippen molar-refractivity contribution in [1.82, 2.24) is 10.2 Å². The van der Waals surface area contributed by atoms with Gasteiger partial charge in [0.05, 0.1) is 26.2 Å². The van der Waals surface area contributed by atoms with Crippen LogP contribution in [0.15, 0.2) is 42.5 Å². The van der Waals surface area contributed by atoms with Crippen LogP contribution in [-0.4, -0.2) is 64.2 Å². The molecule has 2 unspecified atom stereocenters. The Balaban J connectivity index is 2.50. The second-order valence-electron chi connectivity index (χ2n) is 9.00. The molecule has 10 heteroatoms. The highest BCUT2D eigenvalue weighted by Crippen LogP contribution is 2.32. The molecule has 0 saturated heterocycles. The zero-order chi connectivity index (χ0) is 27.8. The van der Waals surface area contributed by atoms with E-state index in [0.29, 0.717) is 17.9 Å². The molecule has 0 fully saturated rings. The van der Waals surface area contributed by atoms with Crippen LogP contribution in [0.5, 0.6) is 11.5 Å². The third-order valence-electron chi connectivity index (χ3n) is 6.32. The molecule has 9 nitrogen and oxygen atoms in total. The largest absolute Gasteiger partial charge is 0.493 e. The SMILES string of the molecule is CCC(C)NC(=O)C(CC)N(Cc1ccccc1C)C(=O)CN(c1ccc(OC)c(OC)c1)S(C)(=O)=O. The van der Waals surface area contributed by atoms with Crippen LogP contribution in [0.2, 0.25) is 0 Å². The molecule has 0 aliphatic heterocycles. The molecule has 0 aromatic heterocycles. The van der Waals surface area contributed by atoms with E-state index in [1.807, 2.05) is 52.0 Å². The van der Waals surface area contributed by atoms with Crippen molar-refractivity contribution in [2.45, 2.75) is 59.2 Å². The van der Waals surface area contributed by atoms with Gasteiger partial charge in [0, 0.05) is 18.7 Å². The van der Waals surface area contributed by atoms with E-state index in [4.69, 9.17) is 9.47 Å². The van der Waals surface area contributed by atoms with Gasteiger partial charge in [0.2, 0.25) is 21.8 Å². The highest BCUT2D eigenvalue weighted by Gasteiger charge is 2.32. The molecule has 204 valence electrons. The normalized spacial score (nSPS) is 12.8. The smallest absolute Gasteiger partial charge is 0.244 e. The number of amides is 2. The molecule has 0 aliphatic carbocycles. The predicted molar refractivity (Wildman–Crippen MR) is 145 cm³/mol. The van der Waals surface area contributed by atoms with E-state index >= 15 is 0 Å². The van der Waals surface area contributed by atoms with E-state index in [1.165, 1.54) is 25.2 Å². The van der Waals surface area contributed by atoms with Crippen molar-refractivity contribution in [2.24, 2.45) is 0 Å². The van der Waals surface area contributed by atoms with E-state index in [2.05, 4.69) is 5.32 Å². The van der Waals surface area contributed by atoms with Crippen molar-refractivity contribution in [1.29, 1.82) is 0 Å². The number of hydrogen-bond donors (Lipinski definition) is 1. The molecule has 0 aliphatic rings. The topological polar surface area (TPSA) is 105 Å². The summed E-state index contributed by atoms with van der Waals surface area (Å²) in [6, 6.07) is 11.4. The van der Waals surface area contributed by atoms with Gasteiger partial charge >= 0.3 is 0 Å². The standard InChI is InChI=1S/C27H39N3O6S/c1-8-20(4)28-27(32)23(9-2)29(17-21-13-11-10-12-19(21)3)26(31)18-30(37(7,33)34)22-14-15-24(35-5)25(16-22)36-6/h10-16,20,23H,8-9,17-18H2,1-7H3,(H,28,32). The number of carbonyl (C=O) groups is 2. The maximum absolute atomic E-state index is 13.8. The second-order valence-corrected chi connectivity index (χ2v) is 10.9. The van der Waals surface area contributed by atoms with Gasteiger partial charge in [-0.3, -0.25) is 13.9 Å². The molecule has 2 atom stereocenters. The number of rotatable bonds is 13. The molecule has 0 radical (unpaired) electrons. The van der Waals surface area contributed by atoms with Crippen LogP contribution >= 0.6 is 0 Å². The molecule has 1 N–H and O–H groups in total. The Bertz CT molecular complexity index is 1180. The summed E-state index contributed by atoms with van der Waals surface area (Å²) in [5.74, 6) is 0.00243. The molecular formula is C27H39N3O6S. The highest BCUT2D eigenvalue weighted by molar-refractivity contribution is 7.92. The van der Waals surface area contributed by atoms with Gasteiger partial charge in [0.25, 0.3) is 0 Å². The molecule has 0 heterocycles. The number of methoxy groups -OCH3 is 2. The summed E-state index contributed by atoms with van der Waals surface area (Å²) in [7, 11) is -0.931. The maximum atomic E-state index is 13.8. The Labute approximate surface area is 220 Å². The molecule has 0 saturated carbocycles. The average molecular weight is 534 g/mol. The van der Waals surface area contributed by atoms with Gasteiger partial charge in [-0.15, -0.1) is 0 Å². The van der Waals surface area contributed by atoms with Gasteiger partial charge in [0.15, 0.2) is 11.5 Å². The van der Waals surface area contributed by atoms with Crippen LogP contribution < -0.4 is 19.1 Å². The summed E-state index contributed by atoms with van der Waals surface area (Å²) < 4.78 is 37.2. The molecule has 2 rings (SSSR count). The lowest BCUT2D eigenvalue weighted by atomic mass is 10.1. The van der Waals surface area contributed by atoms with Crippen LogP contribution in [0, 0.1) is 6.92 Å². The fourth-order valence-corrected chi connectivity index (χ4v) is 4.77. The number of hydrogen-bond acceptors (Lipinski definition) is 6. The van der Waals surface area contributed by atoms with Crippen LogP contribution in [0.3, 0.4) is 0 Å². The molecule has 0 spiro atoms. The van der Waals surface area contributed by atoms with Crippen molar-refractivity contribution >= 4 is 27.5 Å². The monoisotopic (exact) mass is 533 g/mol. The first-order valence-corrected chi connectivity index (χ1v) is 14.2. The number of sulfonamides is 1. The Morgan fingerprint density at radius 3 is 2.19 bits per heavy atom. The summed E-state index contributed by atoms with van der Waals surface area (Å²) in [4.78, 5) is 28.5. The van der Waals surface area contributed by atoms with E-state index < -0.39 is 28.5 Å². The van der Waals surface area contributed by atoms with Crippen molar-refractivity contribution in [3.63, 3.8) is 0 Å². The van der Waals surface area contributed by atoms with Crippen LogP contribution in [-0.2, 0) is 26.2 Å². The molecular weight excluding hydrogens is 494 g/mol. The summed E-state index contributed by atoms with van der Waals surface area (Å²) in [5.41, 5.74) is 2.10. The minimum atomic E-state index is -3.86. The van der Waals surface area contributed by atoms with Crippen LogP contribution in [0.4, 0.5) is 5.69 Å². The Morgan fingerprint density at radius 2 is 1.65 bits per heavy atom. The van der Waals surface area contributed by atoms with E-state index in [9.17, 15) is 18.0 Å². The number of nitrogens with one attached hydrogen (secondary N) is 1. The van der Waals surface area contributed by atoms with E-state index in [0.717, 1.165) is 28.1 Å². The minimum Gasteiger partial charge on any atom is -0.493 e.